The van der Waals surface area contributed by atoms with Crippen molar-refractivity contribution < 1.29 is 9.84 Å². The molecule has 0 aromatic carbocycles. The Kier molecular flexibility index (Phi) is 3.17. The number of hydrogen-bond donors (Lipinski definition) is 1. The highest BCUT2D eigenvalue weighted by Gasteiger charge is 2.46. The van der Waals surface area contributed by atoms with E-state index in [1.807, 2.05) is 0 Å². The Labute approximate surface area is 92.3 Å². The summed E-state index contributed by atoms with van der Waals surface area (Å²) in [5.74, 6) is 2.46. The molecule has 0 aromatic heterocycles. The smallest absolute Gasteiger partial charge is 0.155 e. The maximum atomic E-state index is 9.47. The zero-order valence-corrected chi connectivity index (χ0v) is 9.89. The van der Waals surface area contributed by atoms with Gasteiger partial charge in [-0.25, -0.2) is 0 Å². The van der Waals surface area contributed by atoms with Crippen LogP contribution in [0.4, 0.5) is 0 Å². The van der Waals surface area contributed by atoms with Crippen LogP contribution in [0.3, 0.4) is 0 Å². The molecule has 1 saturated heterocycles. The van der Waals surface area contributed by atoms with Crippen molar-refractivity contribution in [1.82, 2.24) is 0 Å². The molecule has 1 aliphatic heterocycles. The van der Waals surface area contributed by atoms with Gasteiger partial charge in [0.2, 0.25) is 0 Å². The second kappa shape index (κ2) is 4.26. The lowest BCUT2D eigenvalue weighted by molar-refractivity contribution is -0.0922. The van der Waals surface area contributed by atoms with E-state index in [0.717, 1.165) is 12.8 Å². The zero-order valence-electron chi connectivity index (χ0n) is 9.89. The van der Waals surface area contributed by atoms with Crippen LogP contribution in [-0.2, 0) is 4.74 Å². The van der Waals surface area contributed by atoms with Gasteiger partial charge < -0.3 is 9.84 Å². The molecule has 1 unspecified atom stereocenters. The molecule has 0 spiro atoms. The molecule has 86 valence electrons. The van der Waals surface area contributed by atoms with Gasteiger partial charge in [-0.05, 0) is 30.1 Å². The summed E-state index contributed by atoms with van der Waals surface area (Å²) in [6.45, 7) is 6.70. The van der Waals surface area contributed by atoms with Crippen molar-refractivity contribution in [1.29, 1.82) is 0 Å². The highest BCUT2D eigenvalue weighted by molar-refractivity contribution is 5.04. The average Bonchev–Trinajstić information content (AvgIpc) is 2.57. The lowest BCUT2D eigenvalue weighted by Crippen LogP contribution is -2.13. The Bertz CT molecular complexity index is 247. The van der Waals surface area contributed by atoms with Gasteiger partial charge >= 0.3 is 0 Å². The van der Waals surface area contributed by atoms with Crippen molar-refractivity contribution in [3.63, 3.8) is 0 Å². The first-order chi connectivity index (χ1) is 7.08. The summed E-state index contributed by atoms with van der Waals surface area (Å²) in [4.78, 5) is 0. The number of allylic oxidation sites excluding steroid dienone is 2. The molecule has 0 aromatic rings. The van der Waals surface area contributed by atoms with Crippen LogP contribution in [0.1, 0.15) is 33.6 Å². The molecule has 0 amide bonds. The van der Waals surface area contributed by atoms with E-state index >= 15 is 0 Å². The van der Waals surface area contributed by atoms with Gasteiger partial charge in [-0.3, -0.25) is 0 Å². The second-order valence-corrected chi connectivity index (χ2v) is 5.45. The summed E-state index contributed by atoms with van der Waals surface area (Å²) in [5.41, 5.74) is 0. The van der Waals surface area contributed by atoms with Crippen LogP contribution < -0.4 is 0 Å². The maximum absolute atomic E-state index is 9.47. The van der Waals surface area contributed by atoms with Crippen LogP contribution >= 0.6 is 0 Å². The van der Waals surface area contributed by atoms with E-state index in [-0.39, 0.29) is 0 Å². The molecule has 2 heteroatoms. The van der Waals surface area contributed by atoms with E-state index in [9.17, 15) is 5.11 Å². The first kappa shape index (κ1) is 11.2. The quantitative estimate of drug-likeness (QED) is 0.710. The SMILES string of the molecule is CC(C)C=C[C@@H]1[C@H]2CC(O)O[C@H]2C[C@H]1C. The summed E-state index contributed by atoms with van der Waals surface area (Å²) in [6, 6.07) is 0. The van der Waals surface area contributed by atoms with Crippen LogP contribution in [0.5, 0.6) is 0 Å². The Morgan fingerprint density at radius 3 is 2.73 bits per heavy atom. The van der Waals surface area contributed by atoms with Gasteiger partial charge in [0.1, 0.15) is 0 Å². The van der Waals surface area contributed by atoms with Crippen molar-refractivity contribution in [2.75, 3.05) is 0 Å². The van der Waals surface area contributed by atoms with Crippen LogP contribution in [0.2, 0.25) is 0 Å². The van der Waals surface area contributed by atoms with Gasteiger partial charge in [0, 0.05) is 6.42 Å². The predicted octanol–water partition coefficient (Wildman–Crippen LogP) is 2.58. The number of aliphatic hydroxyl groups is 1. The lowest BCUT2D eigenvalue weighted by atomic mass is 9.87. The lowest BCUT2D eigenvalue weighted by Gasteiger charge is -2.17. The van der Waals surface area contributed by atoms with Gasteiger partial charge in [0.05, 0.1) is 6.10 Å². The molecule has 2 aliphatic rings. The normalized spacial score (nSPS) is 45.5. The molecule has 2 nitrogen and oxygen atoms in total. The fraction of sp³-hybridized carbons (Fsp3) is 0.846. The Hall–Kier alpha value is -0.340. The summed E-state index contributed by atoms with van der Waals surface area (Å²) in [7, 11) is 0. The van der Waals surface area contributed by atoms with Crippen molar-refractivity contribution in [3.8, 4) is 0 Å². The topological polar surface area (TPSA) is 29.5 Å². The van der Waals surface area contributed by atoms with Crippen LogP contribution in [0, 0.1) is 23.7 Å². The highest BCUT2D eigenvalue weighted by atomic mass is 16.6. The molecule has 1 saturated carbocycles. The zero-order chi connectivity index (χ0) is 11.0. The average molecular weight is 210 g/mol. The summed E-state index contributed by atoms with van der Waals surface area (Å²) in [5, 5.41) is 9.47. The first-order valence-electron chi connectivity index (χ1n) is 6.09. The number of hydrogen-bond acceptors (Lipinski definition) is 2. The summed E-state index contributed by atoms with van der Waals surface area (Å²) < 4.78 is 5.51. The predicted molar refractivity (Wildman–Crippen MR) is 60.2 cm³/mol. The molecule has 1 N–H and O–H groups in total. The van der Waals surface area contributed by atoms with E-state index in [2.05, 4.69) is 32.9 Å². The molecule has 0 radical (unpaired) electrons. The standard InChI is InChI=1S/C13H22O2/c1-8(2)4-5-10-9(3)6-12-11(10)7-13(14)15-12/h4-5,8-14H,6-7H2,1-3H3/t9-,10+,11-,12+,13?/m1/s1. The van der Waals surface area contributed by atoms with Crippen molar-refractivity contribution in [3.05, 3.63) is 12.2 Å². The largest absolute Gasteiger partial charge is 0.368 e. The minimum absolute atomic E-state index is 0.303. The molecule has 5 atom stereocenters. The van der Waals surface area contributed by atoms with Gasteiger partial charge in [-0.2, -0.15) is 0 Å². The fourth-order valence-corrected chi connectivity index (χ4v) is 3.01. The second-order valence-electron chi connectivity index (χ2n) is 5.45. The first-order valence-corrected chi connectivity index (χ1v) is 6.09. The van der Waals surface area contributed by atoms with Gasteiger partial charge in [0.15, 0.2) is 6.29 Å². The monoisotopic (exact) mass is 210 g/mol. The van der Waals surface area contributed by atoms with E-state index in [0.29, 0.717) is 29.8 Å². The van der Waals surface area contributed by atoms with Crippen LogP contribution in [-0.4, -0.2) is 17.5 Å². The van der Waals surface area contributed by atoms with Crippen molar-refractivity contribution in [2.45, 2.75) is 46.0 Å². The molecule has 15 heavy (non-hydrogen) atoms. The van der Waals surface area contributed by atoms with Gasteiger partial charge in [0.25, 0.3) is 0 Å². The van der Waals surface area contributed by atoms with Crippen molar-refractivity contribution >= 4 is 0 Å². The Morgan fingerprint density at radius 2 is 2.07 bits per heavy atom. The maximum Gasteiger partial charge on any atom is 0.155 e. The molecular formula is C13H22O2. The van der Waals surface area contributed by atoms with Crippen LogP contribution in [0.15, 0.2) is 12.2 Å². The van der Waals surface area contributed by atoms with Crippen molar-refractivity contribution in [2.24, 2.45) is 23.7 Å². The third-order valence-electron chi connectivity index (χ3n) is 3.76. The Balaban J connectivity index is 2.04. The molecule has 1 heterocycles. The van der Waals surface area contributed by atoms with E-state index in [1.165, 1.54) is 0 Å². The number of aliphatic hydroxyl groups excluding tert-OH is 1. The molecule has 0 bridgehead atoms. The molecule has 1 aliphatic carbocycles. The van der Waals surface area contributed by atoms with Gasteiger partial charge in [-0.1, -0.05) is 32.9 Å². The summed E-state index contributed by atoms with van der Waals surface area (Å²) in [6.07, 6.45) is 6.35. The third kappa shape index (κ3) is 2.26. The molecule has 2 fully saturated rings. The van der Waals surface area contributed by atoms with E-state index in [1.54, 1.807) is 0 Å². The third-order valence-corrected chi connectivity index (χ3v) is 3.76. The molecule has 2 rings (SSSR count). The number of rotatable bonds is 2. The Morgan fingerprint density at radius 1 is 1.33 bits per heavy atom. The fourth-order valence-electron chi connectivity index (χ4n) is 3.01. The van der Waals surface area contributed by atoms with E-state index in [4.69, 9.17) is 4.74 Å². The highest BCUT2D eigenvalue weighted by Crippen LogP contribution is 2.46. The summed E-state index contributed by atoms with van der Waals surface area (Å²) >= 11 is 0. The number of ether oxygens (including phenoxy) is 1. The molecular weight excluding hydrogens is 188 g/mol. The van der Waals surface area contributed by atoms with Gasteiger partial charge in [-0.15, -0.1) is 0 Å². The number of fused-ring (bicyclic) bond motifs is 1. The minimum Gasteiger partial charge on any atom is -0.368 e. The van der Waals surface area contributed by atoms with Crippen LogP contribution in [0.25, 0.3) is 0 Å². The minimum atomic E-state index is -0.512. The van der Waals surface area contributed by atoms with E-state index < -0.39 is 6.29 Å².